The summed E-state index contributed by atoms with van der Waals surface area (Å²) in [4.78, 5) is 26.7. The van der Waals surface area contributed by atoms with Crippen molar-refractivity contribution in [3.05, 3.63) is 71.8 Å². The second-order valence-electron chi connectivity index (χ2n) is 6.46. The van der Waals surface area contributed by atoms with E-state index in [9.17, 15) is 9.59 Å². The summed E-state index contributed by atoms with van der Waals surface area (Å²) < 4.78 is 0. The molecule has 0 fully saturated rings. The predicted octanol–water partition coefficient (Wildman–Crippen LogP) is 2.74. The Kier molecular flexibility index (Phi) is 8.01. The molecule has 5 nitrogen and oxygen atoms in total. The zero-order valence-corrected chi connectivity index (χ0v) is 16.3. The highest BCUT2D eigenvalue weighted by Gasteiger charge is 2.25. The van der Waals surface area contributed by atoms with E-state index in [-0.39, 0.29) is 24.4 Å². The van der Waals surface area contributed by atoms with Gasteiger partial charge >= 0.3 is 0 Å². The lowest BCUT2D eigenvalue weighted by Crippen LogP contribution is -2.49. The van der Waals surface area contributed by atoms with Crippen molar-refractivity contribution in [2.24, 2.45) is 0 Å². The molecule has 0 aliphatic carbocycles. The molecule has 1 atom stereocenters. The summed E-state index contributed by atoms with van der Waals surface area (Å²) in [6, 6.07) is 19.2. The normalized spacial score (nSPS) is 12.0. The zero-order valence-electron chi connectivity index (χ0n) is 16.3. The summed E-state index contributed by atoms with van der Waals surface area (Å²) >= 11 is 0. The molecular weight excluding hydrogens is 338 g/mol. The number of rotatable bonds is 9. The van der Waals surface area contributed by atoms with E-state index in [2.05, 4.69) is 10.6 Å². The third-order valence-corrected chi connectivity index (χ3v) is 4.61. The molecule has 144 valence electrons. The van der Waals surface area contributed by atoms with Crippen molar-refractivity contribution < 1.29 is 9.59 Å². The van der Waals surface area contributed by atoms with Crippen molar-refractivity contribution in [1.82, 2.24) is 15.5 Å². The van der Waals surface area contributed by atoms with Gasteiger partial charge < -0.3 is 10.6 Å². The van der Waals surface area contributed by atoms with Crippen LogP contribution in [0.25, 0.3) is 0 Å². The quantitative estimate of drug-likeness (QED) is 0.716. The Hall–Kier alpha value is -2.66. The van der Waals surface area contributed by atoms with Gasteiger partial charge in [-0.2, -0.15) is 0 Å². The molecular formula is C22H29N3O2. The number of amides is 2. The first-order chi connectivity index (χ1) is 13.1. The first-order valence-electron chi connectivity index (χ1n) is 9.47. The molecule has 2 rings (SSSR count). The largest absolute Gasteiger partial charge is 0.355 e. The topological polar surface area (TPSA) is 61.4 Å². The Bertz CT molecular complexity index is 679. The molecule has 0 saturated heterocycles. The molecule has 5 heteroatoms. The smallest absolute Gasteiger partial charge is 0.237 e. The predicted molar refractivity (Wildman–Crippen MR) is 108 cm³/mol. The van der Waals surface area contributed by atoms with Gasteiger partial charge in [-0.1, -0.05) is 67.6 Å². The maximum atomic E-state index is 13.0. The number of carbonyl (C=O) groups is 2. The summed E-state index contributed by atoms with van der Waals surface area (Å²) in [6.45, 7) is 7.09. The first-order valence-corrected chi connectivity index (χ1v) is 9.47. The van der Waals surface area contributed by atoms with Gasteiger partial charge in [-0.15, -0.1) is 0 Å². The molecule has 27 heavy (non-hydrogen) atoms. The molecule has 0 aliphatic rings. The van der Waals surface area contributed by atoms with Crippen molar-refractivity contribution in [3.8, 4) is 0 Å². The van der Waals surface area contributed by atoms with Crippen molar-refractivity contribution in [2.75, 3.05) is 19.6 Å². The van der Waals surface area contributed by atoms with Gasteiger partial charge in [0.15, 0.2) is 0 Å². The van der Waals surface area contributed by atoms with Crippen LogP contribution in [0.5, 0.6) is 0 Å². The molecule has 0 saturated carbocycles. The van der Waals surface area contributed by atoms with Gasteiger partial charge in [0, 0.05) is 6.54 Å². The molecule has 2 aromatic rings. The lowest BCUT2D eigenvalue weighted by atomic mass is 9.98. The minimum absolute atomic E-state index is 0.0679. The number of carbonyl (C=O) groups excluding carboxylic acids is 2. The molecule has 2 N–H and O–H groups in total. The molecule has 0 aliphatic heterocycles. The summed E-state index contributed by atoms with van der Waals surface area (Å²) in [5.74, 6) is -0.166. The lowest BCUT2D eigenvalue weighted by Gasteiger charge is -2.28. The Morgan fingerprint density at radius 3 is 1.89 bits per heavy atom. The second kappa shape index (κ2) is 10.5. The van der Waals surface area contributed by atoms with Crippen LogP contribution in [0.4, 0.5) is 0 Å². The van der Waals surface area contributed by atoms with Crippen LogP contribution >= 0.6 is 0 Å². The Labute approximate surface area is 161 Å². The van der Waals surface area contributed by atoms with Crippen molar-refractivity contribution in [1.29, 1.82) is 0 Å². The number of nitrogens with one attached hydrogen (secondary N) is 2. The van der Waals surface area contributed by atoms with Gasteiger partial charge in [0.25, 0.3) is 0 Å². The van der Waals surface area contributed by atoms with Gasteiger partial charge in [0.05, 0.1) is 18.6 Å². The Morgan fingerprint density at radius 2 is 1.44 bits per heavy atom. The van der Waals surface area contributed by atoms with E-state index in [1.165, 1.54) is 0 Å². The molecule has 0 spiro atoms. The van der Waals surface area contributed by atoms with Crippen LogP contribution in [0, 0.1) is 0 Å². The maximum absolute atomic E-state index is 13.0. The molecule has 0 heterocycles. The summed E-state index contributed by atoms with van der Waals surface area (Å²) in [5.41, 5.74) is 2.05. The maximum Gasteiger partial charge on any atom is 0.237 e. The average molecular weight is 367 g/mol. The van der Waals surface area contributed by atoms with E-state index >= 15 is 0 Å². The highest BCUT2D eigenvalue weighted by molar-refractivity contribution is 5.84. The fourth-order valence-corrected chi connectivity index (χ4v) is 3.04. The zero-order chi connectivity index (χ0) is 19.6. The highest BCUT2D eigenvalue weighted by atomic mass is 16.2. The fraction of sp³-hybridized carbons (Fsp3) is 0.364. The minimum atomic E-state index is -0.410. The van der Waals surface area contributed by atoms with Gasteiger partial charge in [-0.05, 0) is 31.5 Å². The summed E-state index contributed by atoms with van der Waals surface area (Å²) in [6.07, 6.45) is 0. The van der Waals surface area contributed by atoms with Gasteiger partial charge in [0.2, 0.25) is 11.8 Å². The monoisotopic (exact) mass is 367 g/mol. The Morgan fingerprint density at radius 1 is 0.926 bits per heavy atom. The second-order valence-corrected chi connectivity index (χ2v) is 6.46. The van der Waals surface area contributed by atoms with Crippen molar-refractivity contribution in [3.63, 3.8) is 0 Å². The molecule has 2 amide bonds. The van der Waals surface area contributed by atoms with Gasteiger partial charge in [-0.3, -0.25) is 14.5 Å². The van der Waals surface area contributed by atoms with Crippen LogP contribution in [-0.4, -0.2) is 42.4 Å². The number of nitrogens with zero attached hydrogens (tertiary/aromatic N) is 1. The molecule has 0 aromatic heterocycles. The molecule has 0 unspecified atom stereocenters. The highest BCUT2D eigenvalue weighted by Crippen LogP contribution is 2.22. The third kappa shape index (κ3) is 5.93. The van der Waals surface area contributed by atoms with Crippen LogP contribution in [-0.2, 0) is 9.59 Å². The van der Waals surface area contributed by atoms with Crippen LogP contribution in [0.2, 0.25) is 0 Å². The van der Waals surface area contributed by atoms with Gasteiger partial charge in [0.1, 0.15) is 0 Å². The van der Waals surface area contributed by atoms with E-state index in [4.69, 9.17) is 0 Å². The van der Waals surface area contributed by atoms with E-state index in [0.29, 0.717) is 13.1 Å². The van der Waals surface area contributed by atoms with E-state index in [1.54, 1.807) is 0 Å². The minimum Gasteiger partial charge on any atom is -0.355 e. The van der Waals surface area contributed by atoms with Crippen LogP contribution < -0.4 is 10.6 Å². The molecule has 0 bridgehead atoms. The van der Waals surface area contributed by atoms with Crippen molar-refractivity contribution in [2.45, 2.75) is 32.9 Å². The van der Waals surface area contributed by atoms with Crippen LogP contribution in [0.3, 0.4) is 0 Å². The average Bonchev–Trinajstić information content (AvgIpc) is 2.71. The third-order valence-electron chi connectivity index (χ3n) is 4.61. The van der Waals surface area contributed by atoms with Crippen molar-refractivity contribution >= 4 is 11.8 Å². The fourth-order valence-electron chi connectivity index (χ4n) is 3.04. The van der Waals surface area contributed by atoms with Crippen LogP contribution in [0.1, 0.15) is 37.9 Å². The number of hydrogen-bond donors (Lipinski definition) is 2. The summed E-state index contributed by atoms with van der Waals surface area (Å²) in [5, 5.41) is 5.94. The molecule has 2 aromatic carbocycles. The summed E-state index contributed by atoms with van der Waals surface area (Å²) in [7, 11) is 0. The number of likely N-dealkylation sites (N-methyl/N-ethyl adjacent to an activating group) is 2. The standard InChI is InChI=1S/C22H29N3O2/c1-4-23-20(26)16-25(5-2)17(3)22(27)24-21(18-12-8-6-9-13-18)19-14-10-7-11-15-19/h6-15,17,21H,4-5,16H2,1-3H3,(H,23,26)(H,24,27)/t17-/m0/s1. The van der Waals surface area contributed by atoms with E-state index in [0.717, 1.165) is 11.1 Å². The Balaban J connectivity index is 2.16. The van der Waals surface area contributed by atoms with Crippen LogP contribution in [0.15, 0.2) is 60.7 Å². The van der Waals surface area contributed by atoms with Gasteiger partial charge in [-0.25, -0.2) is 0 Å². The van der Waals surface area contributed by atoms with E-state index in [1.807, 2.05) is 86.3 Å². The van der Waals surface area contributed by atoms with E-state index < -0.39 is 6.04 Å². The SMILES string of the molecule is CCNC(=O)CN(CC)[C@@H](C)C(=O)NC(c1ccccc1)c1ccccc1. The number of benzene rings is 2. The lowest BCUT2D eigenvalue weighted by molar-refractivity contribution is -0.128. The first kappa shape index (κ1) is 20.6. The number of hydrogen-bond acceptors (Lipinski definition) is 3. The molecule has 0 radical (unpaired) electrons.